The van der Waals surface area contributed by atoms with Crippen LogP contribution in [0.25, 0.3) is 11.1 Å². The van der Waals surface area contributed by atoms with Gasteiger partial charge in [-0.25, -0.2) is 4.98 Å². The number of benzene rings is 2. The lowest BCUT2D eigenvalue weighted by Crippen LogP contribution is -2.40. The number of likely N-dealkylation sites (N-methyl/N-ethyl adjacent to an activating group) is 1. The van der Waals surface area contributed by atoms with Crippen molar-refractivity contribution in [3.05, 3.63) is 96.4 Å². The van der Waals surface area contributed by atoms with Gasteiger partial charge in [-0.3, -0.25) is 9.48 Å². The highest BCUT2D eigenvalue weighted by Gasteiger charge is 2.21. The Balaban J connectivity index is 0.000000519. The quantitative estimate of drug-likeness (QED) is 0.340. The first-order chi connectivity index (χ1) is 19.0. The zero-order chi connectivity index (χ0) is 27.5. The fourth-order valence-electron chi connectivity index (χ4n) is 3.87. The molecule has 0 saturated heterocycles. The number of hydrogen-bond acceptors (Lipinski definition) is 7. The van der Waals surface area contributed by atoms with E-state index in [1.165, 1.54) is 5.56 Å². The minimum atomic E-state index is -0.0170. The average Bonchev–Trinajstić information content (AvgIpc) is 3.45. The molecule has 1 unspecified atom stereocenters. The molecule has 2 N–H and O–H groups in total. The lowest BCUT2D eigenvalue weighted by molar-refractivity contribution is -0.129. The molecule has 1 aliphatic heterocycles. The number of pyridine rings is 1. The van der Waals surface area contributed by atoms with E-state index in [9.17, 15) is 4.79 Å². The number of ether oxygens (including phenoxy) is 1. The molecule has 3 heterocycles. The average molecular weight is 524 g/mol. The molecule has 1 atom stereocenters. The van der Waals surface area contributed by atoms with Crippen molar-refractivity contribution in [1.82, 2.24) is 25.0 Å². The maximum absolute atomic E-state index is 11.9. The van der Waals surface area contributed by atoms with Crippen LogP contribution < -0.4 is 15.4 Å². The number of carbonyl (C=O) groups is 1. The maximum atomic E-state index is 11.9. The molecule has 2 aromatic carbocycles. The minimum absolute atomic E-state index is 0.0140. The van der Waals surface area contributed by atoms with E-state index in [1.54, 1.807) is 36.1 Å². The number of amides is 1. The molecule has 2 aromatic heterocycles. The lowest BCUT2D eigenvalue weighted by atomic mass is 10.1. The highest BCUT2D eigenvalue weighted by atomic mass is 16.5. The predicted octanol–water partition coefficient (Wildman–Crippen LogP) is 3.60. The molecule has 9 heteroatoms. The molecule has 5 rings (SSSR count). The number of hydrogen-bond donors (Lipinski definition) is 2. The Morgan fingerprint density at radius 1 is 1.13 bits per heavy atom. The second-order valence-electron chi connectivity index (χ2n) is 9.33. The largest absolute Gasteiger partial charge is 0.470 e. The highest BCUT2D eigenvalue weighted by molar-refractivity contribution is 5.75. The van der Waals surface area contributed by atoms with Crippen LogP contribution in [0.4, 0.5) is 5.69 Å². The van der Waals surface area contributed by atoms with Crippen LogP contribution in [-0.2, 0) is 17.8 Å². The minimum Gasteiger partial charge on any atom is -0.470 e. The second-order valence-corrected chi connectivity index (χ2v) is 9.33. The Bertz CT molecular complexity index is 1350. The van der Waals surface area contributed by atoms with Crippen molar-refractivity contribution in [2.45, 2.75) is 19.1 Å². The molecule has 0 saturated carbocycles. The molecule has 200 valence electrons. The van der Waals surface area contributed by atoms with E-state index >= 15 is 0 Å². The Morgan fingerprint density at radius 3 is 2.51 bits per heavy atom. The zero-order valence-corrected chi connectivity index (χ0v) is 22.2. The van der Waals surface area contributed by atoms with E-state index in [4.69, 9.17) is 10.00 Å². The summed E-state index contributed by atoms with van der Waals surface area (Å²) >= 11 is 0. The van der Waals surface area contributed by atoms with Gasteiger partial charge in [0, 0.05) is 44.2 Å². The molecule has 0 aliphatic carbocycles. The highest BCUT2D eigenvalue weighted by Crippen LogP contribution is 2.31. The van der Waals surface area contributed by atoms with Crippen LogP contribution in [0.15, 0.2) is 85.3 Å². The molecule has 1 amide bonds. The number of carbonyl (C=O) groups excluding carboxylic acids is 1. The molecule has 1 aliphatic rings. The third-order valence-electron chi connectivity index (χ3n) is 6.12. The molecule has 0 spiro atoms. The van der Waals surface area contributed by atoms with Crippen molar-refractivity contribution in [3.8, 4) is 23.1 Å². The van der Waals surface area contributed by atoms with Crippen molar-refractivity contribution in [2.75, 3.05) is 39.0 Å². The van der Waals surface area contributed by atoms with Gasteiger partial charge in [0.1, 0.15) is 12.6 Å². The van der Waals surface area contributed by atoms with Gasteiger partial charge in [-0.15, -0.1) is 0 Å². The number of anilines is 1. The van der Waals surface area contributed by atoms with E-state index < -0.39 is 0 Å². The van der Waals surface area contributed by atoms with Crippen LogP contribution in [0, 0.1) is 11.3 Å². The lowest BCUT2D eigenvalue weighted by Gasteiger charge is -2.27. The van der Waals surface area contributed by atoms with E-state index in [1.807, 2.05) is 72.9 Å². The first-order valence-corrected chi connectivity index (χ1v) is 12.8. The number of nitrogens with one attached hydrogen (secondary N) is 2. The summed E-state index contributed by atoms with van der Waals surface area (Å²) in [5.74, 6) is 0.568. The summed E-state index contributed by atoms with van der Waals surface area (Å²) in [6.45, 7) is 2.41. The molecule has 0 bridgehead atoms. The SMILES string of the molecule is CN(C)C(=O)Cn1cc(-c2cnc3c(c2)NCC(CNCCc2ccc(C#N)cc2)O3)cn1.c1ccccc1. The smallest absolute Gasteiger partial charge is 0.243 e. The van der Waals surface area contributed by atoms with Crippen LogP contribution in [0.5, 0.6) is 5.88 Å². The van der Waals surface area contributed by atoms with Crippen LogP contribution >= 0.6 is 0 Å². The van der Waals surface area contributed by atoms with E-state index in [-0.39, 0.29) is 18.6 Å². The number of rotatable bonds is 8. The van der Waals surface area contributed by atoms with Crippen molar-refractivity contribution < 1.29 is 9.53 Å². The van der Waals surface area contributed by atoms with Gasteiger partial charge >= 0.3 is 0 Å². The molecule has 4 aromatic rings. The fraction of sp³-hybridized carbons (Fsp3) is 0.267. The predicted molar refractivity (Wildman–Crippen MR) is 151 cm³/mol. The first-order valence-electron chi connectivity index (χ1n) is 12.8. The summed E-state index contributed by atoms with van der Waals surface area (Å²) in [6.07, 6.45) is 6.21. The normalized spacial score (nSPS) is 13.5. The van der Waals surface area contributed by atoms with Crippen molar-refractivity contribution in [1.29, 1.82) is 5.26 Å². The molecular weight excluding hydrogens is 490 g/mol. The number of nitrogens with zero attached hydrogens (tertiary/aromatic N) is 5. The summed E-state index contributed by atoms with van der Waals surface area (Å²) in [6, 6.07) is 23.8. The van der Waals surface area contributed by atoms with E-state index in [2.05, 4.69) is 26.8 Å². The Hall–Kier alpha value is -4.68. The maximum Gasteiger partial charge on any atom is 0.243 e. The van der Waals surface area contributed by atoms with Gasteiger partial charge in [-0.1, -0.05) is 48.5 Å². The first kappa shape index (κ1) is 27.4. The summed E-state index contributed by atoms with van der Waals surface area (Å²) in [7, 11) is 3.45. The molecule has 0 radical (unpaired) electrons. The van der Waals surface area contributed by atoms with Crippen LogP contribution in [0.1, 0.15) is 11.1 Å². The van der Waals surface area contributed by atoms with Crippen LogP contribution in [0.3, 0.4) is 0 Å². The van der Waals surface area contributed by atoms with Crippen molar-refractivity contribution in [3.63, 3.8) is 0 Å². The Morgan fingerprint density at radius 2 is 1.85 bits per heavy atom. The topological polar surface area (TPSA) is 108 Å². The van der Waals surface area contributed by atoms with Gasteiger partial charge < -0.3 is 20.3 Å². The van der Waals surface area contributed by atoms with E-state index in [0.29, 0.717) is 24.5 Å². The standard InChI is InChI=1S/C24H27N7O2.C6H6/c1-30(2)23(32)16-31-15-20(12-29-31)19-9-22-24(28-11-19)33-21(14-27-22)13-26-8-7-17-3-5-18(10-25)6-4-17;1-2-4-6-5-3-1/h3-6,9,11-12,15,21,26-27H,7-8,13-14,16H2,1-2H3;1-6H. The Labute approximate surface area is 229 Å². The summed E-state index contributed by atoms with van der Waals surface area (Å²) in [5.41, 5.74) is 4.52. The van der Waals surface area contributed by atoms with Gasteiger partial charge in [0.2, 0.25) is 11.8 Å². The molecular formula is C30H33N7O2. The van der Waals surface area contributed by atoms with Gasteiger partial charge in [0.05, 0.1) is 30.1 Å². The molecule has 9 nitrogen and oxygen atoms in total. The second kappa shape index (κ2) is 13.7. The number of nitriles is 1. The van der Waals surface area contributed by atoms with Crippen molar-refractivity contribution in [2.24, 2.45) is 0 Å². The summed E-state index contributed by atoms with van der Waals surface area (Å²) in [4.78, 5) is 17.9. The van der Waals surface area contributed by atoms with Crippen LogP contribution in [0.2, 0.25) is 0 Å². The zero-order valence-electron chi connectivity index (χ0n) is 22.2. The number of fused-ring (bicyclic) bond motifs is 1. The van der Waals surface area contributed by atoms with Crippen molar-refractivity contribution >= 4 is 11.6 Å². The molecule has 0 fully saturated rings. The van der Waals surface area contributed by atoms with Gasteiger partial charge in [-0.2, -0.15) is 10.4 Å². The van der Waals surface area contributed by atoms with Gasteiger partial charge in [0.15, 0.2) is 0 Å². The number of aromatic nitrogens is 3. The molecule has 39 heavy (non-hydrogen) atoms. The van der Waals surface area contributed by atoms with Gasteiger partial charge in [0.25, 0.3) is 0 Å². The monoisotopic (exact) mass is 523 g/mol. The fourth-order valence-corrected chi connectivity index (χ4v) is 3.87. The summed E-state index contributed by atoms with van der Waals surface area (Å²) in [5, 5.41) is 20.0. The van der Waals surface area contributed by atoms with Crippen LogP contribution in [-0.4, -0.2) is 65.4 Å². The van der Waals surface area contributed by atoms with Gasteiger partial charge in [-0.05, 0) is 36.7 Å². The third-order valence-corrected chi connectivity index (χ3v) is 6.12. The third kappa shape index (κ3) is 8.15. The summed E-state index contributed by atoms with van der Waals surface area (Å²) < 4.78 is 7.67. The Kier molecular flexibility index (Phi) is 9.64. The van der Waals surface area contributed by atoms with E-state index in [0.717, 1.165) is 29.8 Å².